The second-order valence-electron chi connectivity index (χ2n) is 3.50. The molecule has 1 N–H and O–H groups in total. The van der Waals surface area contributed by atoms with Crippen LogP contribution in [0.25, 0.3) is 6.08 Å². The van der Waals surface area contributed by atoms with Gasteiger partial charge in [-0.2, -0.15) is 0 Å². The number of ether oxygens (including phenoxy) is 2. The van der Waals surface area contributed by atoms with E-state index in [1.165, 1.54) is 20.3 Å². The number of carbonyl (C=O) groups is 1. The van der Waals surface area contributed by atoms with E-state index < -0.39 is 0 Å². The maximum absolute atomic E-state index is 11.3. The highest BCUT2D eigenvalue weighted by molar-refractivity contribution is 5.99. The molecular weight excluding hydrogens is 208 g/mol. The van der Waals surface area contributed by atoms with Gasteiger partial charge in [0.25, 0.3) is 0 Å². The molecule has 4 heteroatoms. The topological polar surface area (TPSA) is 55.8 Å². The minimum Gasteiger partial charge on any atom is -0.504 e. The molecule has 0 atom stereocenters. The van der Waals surface area contributed by atoms with Gasteiger partial charge in [0.2, 0.25) is 5.75 Å². The molecule has 0 saturated carbocycles. The van der Waals surface area contributed by atoms with Crippen LogP contribution in [0.3, 0.4) is 0 Å². The lowest BCUT2D eigenvalue weighted by Gasteiger charge is -2.17. The minimum absolute atomic E-state index is 0.0189. The Balaban J connectivity index is 2.65. The molecule has 4 nitrogen and oxygen atoms in total. The van der Waals surface area contributed by atoms with Crippen LogP contribution in [-0.2, 0) is 11.2 Å². The summed E-state index contributed by atoms with van der Waals surface area (Å²) >= 11 is 0. The number of ketones is 1. The monoisotopic (exact) mass is 220 g/mol. The summed E-state index contributed by atoms with van der Waals surface area (Å²) < 4.78 is 10.2. The largest absolute Gasteiger partial charge is 0.504 e. The molecule has 0 spiro atoms. The van der Waals surface area contributed by atoms with Gasteiger partial charge in [-0.05, 0) is 17.7 Å². The van der Waals surface area contributed by atoms with Crippen LogP contribution in [0.5, 0.6) is 17.2 Å². The van der Waals surface area contributed by atoms with Gasteiger partial charge in [0.1, 0.15) is 0 Å². The van der Waals surface area contributed by atoms with Gasteiger partial charge in [-0.15, -0.1) is 0 Å². The smallest absolute Gasteiger partial charge is 0.203 e. The minimum atomic E-state index is -0.0324. The number of hydrogen-bond donors (Lipinski definition) is 1. The van der Waals surface area contributed by atoms with Gasteiger partial charge >= 0.3 is 0 Å². The molecule has 0 aromatic heterocycles. The van der Waals surface area contributed by atoms with E-state index in [2.05, 4.69) is 0 Å². The van der Waals surface area contributed by atoms with Crippen LogP contribution < -0.4 is 9.47 Å². The molecule has 1 aliphatic carbocycles. The summed E-state index contributed by atoms with van der Waals surface area (Å²) in [6.45, 7) is 0. The van der Waals surface area contributed by atoms with E-state index in [0.717, 1.165) is 5.56 Å². The molecule has 0 unspecified atom stereocenters. The average Bonchev–Trinajstić information content (AvgIpc) is 2.29. The fourth-order valence-corrected chi connectivity index (χ4v) is 1.78. The molecule has 0 saturated heterocycles. The van der Waals surface area contributed by atoms with Gasteiger partial charge in [-0.1, -0.05) is 6.08 Å². The summed E-state index contributed by atoms with van der Waals surface area (Å²) in [5.74, 6) is 0.673. The number of carbonyl (C=O) groups excluding carboxylic acids is 1. The molecular formula is C12H12O4. The highest BCUT2D eigenvalue weighted by atomic mass is 16.5. The predicted octanol–water partition coefficient (Wildman–Crippen LogP) is 1.55. The van der Waals surface area contributed by atoms with Crippen LogP contribution in [0.1, 0.15) is 11.1 Å². The Bertz CT molecular complexity index is 474. The summed E-state index contributed by atoms with van der Waals surface area (Å²) in [6.07, 6.45) is 3.36. The molecule has 0 aliphatic heterocycles. The normalized spacial score (nSPS) is 13.5. The van der Waals surface area contributed by atoms with E-state index in [0.29, 0.717) is 11.3 Å². The first-order valence-electron chi connectivity index (χ1n) is 4.85. The van der Waals surface area contributed by atoms with Crippen molar-refractivity contribution in [2.24, 2.45) is 0 Å². The van der Waals surface area contributed by atoms with Crippen molar-refractivity contribution < 1.29 is 19.4 Å². The Morgan fingerprint density at radius 3 is 2.62 bits per heavy atom. The number of phenolic OH excluding ortho intramolecular Hbond substituents is 1. The second kappa shape index (κ2) is 3.89. The van der Waals surface area contributed by atoms with Gasteiger partial charge in [0.05, 0.1) is 14.2 Å². The zero-order valence-electron chi connectivity index (χ0n) is 9.11. The SMILES string of the molecule is COc1cc2c(c(O)c1OC)CC(=O)C=C2. The molecule has 0 radical (unpaired) electrons. The first-order valence-corrected chi connectivity index (χ1v) is 4.85. The average molecular weight is 220 g/mol. The van der Waals surface area contributed by atoms with E-state index >= 15 is 0 Å². The molecule has 1 aliphatic rings. The Morgan fingerprint density at radius 2 is 2.00 bits per heavy atom. The number of aromatic hydroxyl groups is 1. The molecule has 2 rings (SSSR count). The van der Waals surface area contributed by atoms with Crippen molar-refractivity contribution in [2.75, 3.05) is 14.2 Å². The maximum Gasteiger partial charge on any atom is 0.203 e. The molecule has 16 heavy (non-hydrogen) atoms. The lowest BCUT2D eigenvalue weighted by atomic mass is 9.95. The van der Waals surface area contributed by atoms with Crippen LogP contribution in [0.15, 0.2) is 12.1 Å². The van der Waals surface area contributed by atoms with Crippen molar-refractivity contribution in [3.05, 3.63) is 23.3 Å². The summed E-state index contributed by atoms with van der Waals surface area (Å²) in [7, 11) is 2.95. The van der Waals surface area contributed by atoms with E-state index in [1.54, 1.807) is 12.1 Å². The van der Waals surface area contributed by atoms with E-state index in [9.17, 15) is 9.90 Å². The van der Waals surface area contributed by atoms with Crippen LogP contribution in [0, 0.1) is 0 Å². The van der Waals surface area contributed by atoms with Crippen LogP contribution in [-0.4, -0.2) is 25.1 Å². The quantitative estimate of drug-likeness (QED) is 0.821. The molecule has 0 heterocycles. The first kappa shape index (κ1) is 10.5. The summed E-state index contributed by atoms with van der Waals surface area (Å²) in [4.78, 5) is 11.3. The van der Waals surface area contributed by atoms with E-state index in [1.807, 2.05) is 0 Å². The molecule has 0 fully saturated rings. The van der Waals surface area contributed by atoms with Gasteiger partial charge in [0.15, 0.2) is 17.3 Å². The number of phenols is 1. The molecule has 0 amide bonds. The lowest BCUT2D eigenvalue weighted by molar-refractivity contribution is -0.114. The Hall–Kier alpha value is -1.97. The fourth-order valence-electron chi connectivity index (χ4n) is 1.78. The van der Waals surface area contributed by atoms with Gasteiger partial charge in [0, 0.05) is 12.0 Å². The van der Waals surface area contributed by atoms with Gasteiger partial charge in [-0.25, -0.2) is 0 Å². The van der Waals surface area contributed by atoms with Gasteiger partial charge in [-0.3, -0.25) is 4.79 Å². The maximum atomic E-state index is 11.3. The third-order valence-corrected chi connectivity index (χ3v) is 2.58. The molecule has 1 aromatic carbocycles. The summed E-state index contributed by atoms with van der Waals surface area (Å²) in [6, 6.07) is 1.75. The number of fused-ring (bicyclic) bond motifs is 1. The number of rotatable bonds is 2. The summed E-state index contributed by atoms with van der Waals surface area (Å²) in [5, 5.41) is 9.97. The van der Waals surface area contributed by atoms with Crippen molar-refractivity contribution in [1.29, 1.82) is 0 Å². The third kappa shape index (κ3) is 1.52. The van der Waals surface area contributed by atoms with Crippen molar-refractivity contribution in [1.82, 2.24) is 0 Å². The van der Waals surface area contributed by atoms with Crippen molar-refractivity contribution in [3.63, 3.8) is 0 Å². The van der Waals surface area contributed by atoms with Gasteiger partial charge < -0.3 is 14.6 Å². The standard InChI is InChI=1S/C12H12O4/c1-15-10-5-7-3-4-8(13)6-9(7)11(14)12(10)16-2/h3-5,14H,6H2,1-2H3. The first-order chi connectivity index (χ1) is 7.67. The fraction of sp³-hybridized carbons (Fsp3) is 0.250. The van der Waals surface area contributed by atoms with E-state index in [4.69, 9.17) is 9.47 Å². The summed E-state index contributed by atoms with van der Waals surface area (Å²) in [5.41, 5.74) is 1.37. The Kier molecular flexibility index (Phi) is 2.56. The van der Waals surface area contributed by atoms with Crippen LogP contribution in [0.4, 0.5) is 0 Å². The van der Waals surface area contributed by atoms with E-state index in [-0.39, 0.29) is 23.7 Å². The Labute approximate surface area is 93.1 Å². The zero-order chi connectivity index (χ0) is 11.7. The van der Waals surface area contributed by atoms with Crippen molar-refractivity contribution in [3.8, 4) is 17.2 Å². The number of hydrogen-bond acceptors (Lipinski definition) is 4. The van der Waals surface area contributed by atoms with Crippen LogP contribution in [0.2, 0.25) is 0 Å². The molecule has 0 bridgehead atoms. The number of allylic oxidation sites excluding steroid dienone is 1. The van der Waals surface area contributed by atoms with Crippen LogP contribution >= 0.6 is 0 Å². The second-order valence-corrected chi connectivity index (χ2v) is 3.50. The lowest BCUT2D eigenvalue weighted by Crippen LogP contribution is -2.07. The number of benzene rings is 1. The highest BCUT2D eigenvalue weighted by Gasteiger charge is 2.21. The van der Waals surface area contributed by atoms with Crippen molar-refractivity contribution >= 4 is 11.9 Å². The molecule has 84 valence electrons. The van der Waals surface area contributed by atoms with Crippen molar-refractivity contribution in [2.45, 2.75) is 6.42 Å². The molecule has 1 aromatic rings. The zero-order valence-corrected chi connectivity index (χ0v) is 9.11. The number of methoxy groups -OCH3 is 2. The predicted molar refractivity (Wildman–Crippen MR) is 59.0 cm³/mol. The third-order valence-electron chi connectivity index (χ3n) is 2.58. The highest BCUT2D eigenvalue weighted by Crippen LogP contribution is 2.42. The Morgan fingerprint density at radius 1 is 1.25 bits per heavy atom.